The second kappa shape index (κ2) is 5.05. The summed E-state index contributed by atoms with van der Waals surface area (Å²) in [5, 5.41) is 0. The summed E-state index contributed by atoms with van der Waals surface area (Å²) in [7, 11) is 0. The number of nitrogens with zero attached hydrogens (tertiary/aromatic N) is 1. The van der Waals surface area contributed by atoms with Gasteiger partial charge in [-0.25, -0.2) is 0 Å². The summed E-state index contributed by atoms with van der Waals surface area (Å²) in [6.45, 7) is 7.73. The molecule has 1 aliphatic heterocycles. The first-order chi connectivity index (χ1) is 6.29. The summed E-state index contributed by atoms with van der Waals surface area (Å²) in [4.78, 5) is 13.8. The lowest BCUT2D eigenvalue weighted by molar-refractivity contribution is -0.133. The van der Waals surface area contributed by atoms with Gasteiger partial charge in [-0.1, -0.05) is 19.4 Å². The van der Waals surface area contributed by atoms with E-state index in [1.54, 1.807) is 6.08 Å². The van der Waals surface area contributed by atoms with Crippen LogP contribution in [0.4, 0.5) is 0 Å². The van der Waals surface area contributed by atoms with Crippen molar-refractivity contribution in [3.8, 4) is 0 Å². The maximum atomic E-state index is 11.8. The molecule has 0 aromatic heterocycles. The maximum absolute atomic E-state index is 11.8. The summed E-state index contributed by atoms with van der Waals surface area (Å²) in [5.74, 6) is 0.345. The van der Waals surface area contributed by atoms with Crippen LogP contribution in [0.1, 0.15) is 32.6 Å². The third kappa shape index (κ3) is 2.58. The molecule has 1 amide bonds. The van der Waals surface area contributed by atoms with Crippen molar-refractivity contribution in [1.29, 1.82) is 0 Å². The van der Waals surface area contributed by atoms with Crippen LogP contribution in [-0.2, 0) is 4.79 Å². The molecule has 0 aliphatic carbocycles. The summed E-state index contributed by atoms with van der Waals surface area (Å²) < 4.78 is 0. The molecule has 1 atom stereocenters. The Hall–Kier alpha value is -0.790. The van der Waals surface area contributed by atoms with Gasteiger partial charge >= 0.3 is 0 Å². The molecule has 1 unspecified atom stereocenters. The molecule has 1 saturated heterocycles. The zero-order chi connectivity index (χ0) is 9.68. The molecule has 0 N–H and O–H groups in total. The lowest BCUT2D eigenvalue weighted by Crippen LogP contribution is -2.32. The van der Waals surface area contributed by atoms with Gasteiger partial charge in [-0.2, -0.15) is 0 Å². The van der Waals surface area contributed by atoms with E-state index in [0.29, 0.717) is 0 Å². The standard InChI is InChI=1S/C11H19NO/c1-3-7-10(4-2)11(13)12-8-5-6-9-12/h4,10H,2-3,5-9H2,1H3. The Bertz CT molecular complexity index is 183. The molecule has 1 fully saturated rings. The number of likely N-dealkylation sites (tertiary alicyclic amines) is 1. The van der Waals surface area contributed by atoms with Crippen molar-refractivity contribution in [2.24, 2.45) is 5.92 Å². The molecule has 0 spiro atoms. The average Bonchev–Trinajstić information content (AvgIpc) is 2.65. The smallest absolute Gasteiger partial charge is 0.229 e. The van der Waals surface area contributed by atoms with Crippen molar-refractivity contribution in [3.63, 3.8) is 0 Å². The van der Waals surface area contributed by atoms with Crippen LogP contribution in [-0.4, -0.2) is 23.9 Å². The minimum absolute atomic E-state index is 0.0584. The highest BCUT2D eigenvalue weighted by molar-refractivity contribution is 5.80. The highest BCUT2D eigenvalue weighted by Crippen LogP contribution is 2.16. The summed E-state index contributed by atoms with van der Waals surface area (Å²) in [6, 6.07) is 0. The topological polar surface area (TPSA) is 20.3 Å². The third-order valence-electron chi connectivity index (χ3n) is 2.62. The molecule has 13 heavy (non-hydrogen) atoms. The van der Waals surface area contributed by atoms with Gasteiger partial charge in [0.05, 0.1) is 5.92 Å². The molecule has 1 heterocycles. The van der Waals surface area contributed by atoms with Gasteiger partial charge in [-0.15, -0.1) is 6.58 Å². The fraction of sp³-hybridized carbons (Fsp3) is 0.727. The first-order valence-electron chi connectivity index (χ1n) is 5.21. The second-order valence-electron chi connectivity index (χ2n) is 3.66. The largest absolute Gasteiger partial charge is 0.342 e. The van der Waals surface area contributed by atoms with Crippen molar-refractivity contribution >= 4 is 5.91 Å². The number of amides is 1. The van der Waals surface area contributed by atoms with Crippen LogP contribution in [0.3, 0.4) is 0 Å². The molecule has 0 aromatic carbocycles. The molecule has 0 aromatic rings. The van der Waals surface area contributed by atoms with E-state index in [2.05, 4.69) is 13.5 Å². The molecule has 2 nitrogen and oxygen atoms in total. The summed E-state index contributed by atoms with van der Waals surface area (Å²) in [5.41, 5.74) is 0. The maximum Gasteiger partial charge on any atom is 0.229 e. The van der Waals surface area contributed by atoms with E-state index < -0.39 is 0 Å². The Labute approximate surface area is 80.6 Å². The predicted octanol–water partition coefficient (Wildman–Crippen LogP) is 2.21. The fourth-order valence-corrected chi connectivity index (χ4v) is 1.83. The predicted molar refractivity (Wildman–Crippen MR) is 54.4 cm³/mol. The van der Waals surface area contributed by atoms with Crippen LogP contribution in [0.15, 0.2) is 12.7 Å². The van der Waals surface area contributed by atoms with Crippen molar-refractivity contribution in [2.45, 2.75) is 32.6 Å². The van der Waals surface area contributed by atoms with Gasteiger partial charge in [0.1, 0.15) is 0 Å². The van der Waals surface area contributed by atoms with Gasteiger partial charge in [0.15, 0.2) is 0 Å². The quantitative estimate of drug-likeness (QED) is 0.609. The van der Waals surface area contributed by atoms with E-state index in [-0.39, 0.29) is 11.8 Å². The number of hydrogen-bond donors (Lipinski definition) is 0. The molecule has 0 bridgehead atoms. The van der Waals surface area contributed by atoms with Crippen LogP contribution in [0.2, 0.25) is 0 Å². The molecule has 2 heteroatoms. The molecular weight excluding hydrogens is 162 g/mol. The van der Waals surface area contributed by atoms with Crippen LogP contribution in [0, 0.1) is 5.92 Å². The van der Waals surface area contributed by atoms with E-state index in [9.17, 15) is 4.79 Å². The number of carbonyl (C=O) groups is 1. The third-order valence-corrected chi connectivity index (χ3v) is 2.62. The number of rotatable bonds is 4. The summed E-state index contributed by atoms with van der Waals surface area (Å²) >= 11 is 0. The Morgan fingerprint density at radius 1 is 1.54 bits per heavy atom. The average molecular weight is 181 g/mol. The lowest BCUT2D eigenvalue weighted by atomic mass is 10.0. The molecule has 1 rings (SSSR count). The first-order valence-corrected chi connectivity index (χ1v) is 5.21. The minimum atomic E-state index is 0.0584. The van der Waals surface area contributed by atoms with Gasteiger partial charge in [-0.3, -0.25) is 4.79 Å². The molecular formula is C11H19NO. The zero-order valence-corrected chi connectivity index (χ0v) is 8.46. The van der Waals surface area contributed by atoms with Crippen LogP contribution in [0.25, 0.3) is 0 Å². The van der Waals surface area contributed by atoms with Gasteiger partial charge in [0.2, 0.25) is 5.91 Å². The van der Waals surface area contributed by atoms with Crippen LogP contribution in [0.5, 0.6) is 0 Å². The van der Waals surface area contributed by atoms with Crippen molar-refractivity contribution in [3.05, 3.63) is 12.7 Å². The number of carbonyl (C=O) groups excluding carboxylic acids is 1. The molecule has 0 saturated carbocycles. The van der Waals surface area contributed by atoms with Gasteiger partial charge in [-0.05, 0) is 19.3 Å². The Kier molecular flexibility index (Phi) is 4.00. The van der Waals surface area contributed by atoms with Crippen molar-refractivity contribution in [2.75, 3.05) is 13.1 Å². The van der Waals surface area contributed by atoms with Gasteiger partial charge in [0, 0.05) is 13.1 Å². The highest BCUT2D eigenvalue weighted by atomic mass is 16.2. The molecule has 1 aliphatic rings. The molecule has 74 valence electrons. The van der Waals surface area contributed by atoms with Gasteiger partial charge < -0.3 is 4.90 Å². The first kappa shape index (κ1) is 10.3. The normalized spacial score (nSPS) is 18.7. The Morgan fingerprint density at radius 3 is 2.62 bits per heavy atom. The van der Waals surface area contributed by atoms with E-state index in [1.807, 2.05) is 4.90 Å². The Morgan fingerprint density at radius 2 is 2.15 bits per heavy atom. The zero-order valence-electron chi connectivity index (χ0n) is 8.46. The Balaban J connectivity index is 2.47. The van der Waals surface area contributed by atoms with Crippen molar-refractivity contribution in [1.82, 2.24) is 4.90 Å². The van der Waals surface area contributed by atoms with Crippen molar-refractivity contribution < 1.29 is 4.79 Å². The fourth-order valence-electron chi connectivity index (χ4n) is 1.83. The monoisotopic (exact) mass is 181 g/mol. The van der Waals surface area contributed by atoms with Crippen LogP contribution < -0.4 is 0 Å². The number of hydrogen-bond acceptors (Lipinski definition) is 1. The van der Waals surface area contributed by atoms with E-state index in [4.69, 9.17) is 0 Å². The highest BCUT2D eigenvalue weighted by Gasteiger charge is 2.23. The van der Waals surface area contributed by atoms with Crippen LogP contribution >= 0.6 is 0 Å². The van der Waals surface area contributed by atoms with E-state index in [0.717, 1.165) is 25.9 Å². The molecule has 0 radical (unpaired) electrons. The second-order valence-corrected chi connectivity index (χ2v) is 3.66. The SMILES string of the molecule is C=CC(CCC)C(=O)N1CCCC1. The van der Waals surface area contributed by atoms with Gasteiger partial charge in [0.25, 0.3) is 0 Å². The summed E-state index contributed by atoms with van der Waals surface area (Å²) in [6.07, 6.45) is 6.13. The van der Waals surface area contributed by atoms with E-state index in [1.165, 1.54) is 12.8 Å². The lowest BCUT2D eigenvalue weighted by Gasteiger charge is -2.20. The van der Waals surface area contributed by atoms with E-state index >= 15 is 0 Å². The minimum Gasteiger partial charge on any atom is -0.342 e.